The van der Waals surface area contributed by atoms with Gasteiger partial charge in [-0.1, -0.05) is 24.3 Å². The van der Waals surface area contributed by atoms with Crippen molar-refractivity contribution < 1.29 is 14.6 Å². The fourth-order valence-electron chi connectivity index (χ4n) is 3.17. The quantitative estimate of drug-likeness (QED) is 0.619. The number of rotatable bonds is 4. The van der Waals surface area contributed by atoms with Gasteiger partial charge in [-0.3, -0.25) is 5.41 Å². The molecule has 4 rings (SSSR count). The molecule has 0 saturated carbocycles. The van der Waals surface area contributed by atoms with Gasteiger partial charge < -0.3 is 19.7 Å². The fraction of sp³-hybridized carbons (Fsp3) is 0.150. The minimum absolute atomic E-state index is 0.116. The predicted molar refractivity (Wildman–Crippen MR) is 102 cm³/mol. The highest BCUT2D eigenvalue weighted by Crippen LogP contribution is 2.28. The van der Waals surface area contributed by atoms with E-state index >= 15 is 0 Å². The topological polar surface area (TPSA) is 102 Å². The zero-order valence-corrected chi connectivity index (χ0v) is 14.7. The number of amidine groups is 1. The van der Waals surface area contributed by atoms with E-state index in [4.69, 9.17) is 10.1 Å². The van der Waals surface area contributed by atoms with Gasteiger partial charge in [-0.15, -0.1) is 0 Å². The third-order valence-electron chi connectivity index (χ3n) is 4.56. The Labute approximate surface area is 155 Å². The number of nitrogens with one attached hydrogen (secondary N) is 2. The number of para-hydroxylation sites is 2. The van der Waals surface area contributed by atoms with Crippen LogP contribution < -0.4 is 0 Å². The number of aliphatic hydroxyl groups excluding tert-OH is 1. The van der Waals surface area contributed by atoms with Crippen LogP contribution in [-0.4, -0.2) is 45.4 Å². The highest BCUT2D eigenvalue weighted by molar-refractivity contribution is 6.23. The molecule has 0 aliphatic carbocycles. The van der Waals surface area contributed by atoms with Crippen LogP contribution in [0.1, 0.15) is 21.7 Å². The van der Waals surface area contributed by atoms with Gasteiger partial charge in [-0.25, -0.2) is 9.78 Å². The molecule has 0 bridgehead atoms. The number of hydrogen-bond donors (Lipinski definition) is 3. The van der Waals surface area contributed by atoms with Crippen LogP contribution in [0.4, 0.5) is 0 Å². The van der Waals surface area contributed by atoms with Crippen molar-refractivity contribution in [2.75, 3.05) is 13.7 Å². The molecule has 3 N–H and O–H groups in total. The van der Waals surface area contributed by atoms with Crippen molar-refractivity contribution >= 4 is 28.4 Å². The van der Waals surface area contributed by atoms with Crippen LogP contribution in [0.3, 0.4) is 0 Å². The molecule has 0 saturated heterocycles. The van der Waals surface area contributed by atoms with Gasteiger partial charge in [0, 0.05) is 6.54 Å². The van der Waals surface area contributed by atoms with Crippen molar-refractivity contribution in [2.45, 2.75) is 6.54 Å². The summed E-state index contributed by atoms with van der Waals surface area (Å²) in [5, 5.41) is 18.9. The van der Waals surface area contributed by atoms with E-state index in [1.54, 1.807) is 17.0 Å². The number of methoxy groups -OCH3 is 1. The average molecular weight is 362 g/mol. The molecule has 0 fully saturated rings. The minimum atomic E-state index is -0.387. The Morgan fingerprint density at radius 1 is 1.26 bits per heavy atom. The number of esters is 1. The molecule has 136 valence electrons. The summed E-state index contributed by atoms with van der Waals surface area (Å²) in [6, 6.07) is 14.6. The van der Waals surface area contributed by atoms with E-state index in [1.807, 2.05) is 36.4 Å². The van der Waals surface area contributed by atoms with Crippen molar-refractivity contribution in [3.8, 4) is 0 Å². The number of benzene rings is 2. The molecule has 7 nitrogen and oxygen atoms in total. The summed E-state index contributed by atoms with van der Waals surface area (Å²) in [7, 11) is 1.34. The van der Waals surface area contributed by atoms with Crippen molar-refractivity contribution in [3.05, 3.63) is 71.2 Å². The summed E-state index contributed by atoms with van der Waals surface area (Å²) in [4.78, 5) is 20.9. The van der Waals surface area contributed by atoms with Crippen LogP contribution >= 0.6 is 0 Å². The van der Waals surface area contributed by atoms with Crippen LogP contribution in [0.15, 0.2) is 54.3 Å². The average Bonchev–Trinajstić information content (AvgIpc) is 3.22. The van der Waals surface area contributed by atoms with Gasteiger partial charge in [0.1, 0.15) is 17.4 Å². The number of ether oxygens (including phenoxy) is 1. The van der Waals surface area contributed by atoms with Crippen molar-refractivity contribution in [2.24, 2.45) is 0 Å². The zero-order chi connectivity index (χ0) is 19.0. The van der Waals surface area contributed by atoms with Gasteiger partial charge in [-0.2, -0.15) is 0 Å². The highest BCUT2D eigenvalue weighted by Gasteiger charge is 2.30. The Balaban J connectivity index is 1.54. The largest absolute Gasteiger partial charge is 0.510 e. The first-order valence-corrected chi connectivity index (χ1v) is 8.45. The van der Waals surface area contributed by atoms with Gasteiger partial charge in [0.25, 0.3) is 0 Å². The Hall–Kier alpha value is -3.61. The van der Waals surface area contributed by atoms with Crippen LogP contribution in [0, 0.1) is 5.41 Å². The van der Waals surface area contributed by atoms with Crippen LogP contribution in [0.2, 0.25) is 0 Å². The standard InChI is InChI=1S/C20H18N4O3/c1-27-20(26)13-8-6-12(7-9-13)10-24-11-16(25)17(18(24)21)19-22-14-4-2-3-5-15(14)23-19/h2-9,21,25H,10-11H2,1H3,(H,22,23). The number of aromatic amines is 1. The molecule has 1 aromatic heterocycles. The molecule has 2 aromatic carbocycles. The number of carbonyl (C=O) groups excluding carboxylic acids is 1. The van der Waals surface area contributed by atoms with Crippen molar-refractivity contribution in [1.82, 2.24) is 14.9 Å². The first-order valence-electron chi connectivity index (χ1n) is 8.45. The third-order valence-corrected chi connectivity index (χ3v) is 4.56. The summed E-state index contributed by atoms with van der Waals surface area (Å²) >= 11 is 0. The molecule has 27 heavy (non-hydrogen) atoms. The van der Waals surface area contributed by atoms with E-state index in [-0.39, 0.29) is 24.1 Å². The van der Waals surface area contributed by atoms with Crippen molar-refractivity contribution in [3.63, 3.8) is 0 Å². The Kier molecular flexibility index (Phi) is 4.12. The van der Waals surface area contributed by atoms with E-state index in [0.717, 1.165) is 16.6 Å². The first-order chi connectivity index (χ1) is 13.1. The summed E-state index contributed by atoms with van der Waals surface area (Å²) < 4.78 is 4.70. The smallest absolute Gasteiger partial charge is 0.337 e. The lowest BCUT2D eigenvalue weighted by Gasteiger charge is -2.18. The molecule has 0 amide bonds. The van der Waals surface area contributed by atoms with E-state index < -0.39 is 0 Å². The molecule has 1 aliphatic rings. The molecule has 2 heterocycles. The van der Waals surface area contributed by atoms with Gasteiger partial charge in [0.05, 0.1) is 35.8 Å². The number of carbonyl (C=O) groups is 1. The number of hydrogen-bond acceptors (Lipinski definition) is 5. The number of nitrogens with zero attached hydrogens (tertiary/aromatic N) is 2. The summed E-state index contributed by atoms with van der Waals surface area (Å²) in [5.41, 5.74) is 3.46. The molecule has 3 aromatic rings. The second-order valence-corrected chi connectivity index (χ2v) is 6.32. The predicted octanol–water partition coefficient (Wildman–Crippen LogP) is 3.11. The summed E-state index contributed by atoms with van der Waals surface area (Å²) in [5.74, 6) is 0.429. The van der Waals surface area contributed by atoms with E-state index in [9.17, 15) is 9.90 Å². The van der Waals surface area contributed by atoms with E-state index in [2.05, 4.69) is 9.97 Å². The Morgan fingerprint density at radius 2 is 2.00 bits per heavy atom. The van der Waals surface area contributed by atoms with E-state index in [0.29, 0.717) is 23.5 Å². The molecule has 0 radical (unpaired) electrons. The second-order valence-electron chi connectivity index (χ2n) is 6.32. The molecule has 1 aliphatic heterocycles. The fourth-order valence-corrected chi connectivity index (χ4v) is 3.17. The van der Waals surface area contributed by atoms with Crippen LogP contribution in [-0.2, 0) is 11.3 Å². The van der Waals surface area contributed by atoms with Gasteiger partial charge in [-0.05, 0) is 29.8 Å². The molecule has 0 spiro atoms. The monoisotopic (exact) mass is 362 g/mol. The van der Waals surface area contributed by atoms with Gasteiger partial charge in [0.2, 0.25) is 0 Å². The lowest BCUT2D eigenvalue weighted by Crippen LogP contribution is -2.26. The number of aromatic nitrogens is 2. The van der Waals surface area contributed by atoms with Gasteiger partial charge >= 0.3 is 5.97 Å². The molecule has 0 unspecified atom stereocenters. The Morgan fingerprint density at radius 3 is 2.70 bits per heavy atom. The molecule has 0 atom stereocenters. The summed E-state index contributed by atoms with van der Waals surface area (Å²) in [6.07, 6.45) is 0. The number of fused-ring (bicyclic) bond motifs is 1. The first kappa shape index (κ1) is 16.8. The number of aliphatic hydroxyl groups is 1. The summed E-state index contributed by atoms with van der Waals surface area (Å²) in [6.45, 7) is 0.679. The minimum Gasteiger partial charge on any atom is -0.510 e. The normalized spacial score (nSPS) is 14.3. The SMILES string of the molecule is COC(=O)c1ccc(CN2CC(O)=C(c3nc4ccccc4[nH]3)C2=N)cc1. The zero-order valence-electron chi connectivity index (χ0n) is 14.7. The maximum atomic E-state index is 11.5. The second kappa shape index (κ2) is 6.60. The van der Waals surface area contributed by atoms with Crippen LogP contribution in [0.5, 0.6) is 0 Å². The van der Waals surface area contributed by atoms with Crippen LogP contribution in [0.25, 0.3) is 16.6 Å². The number of H-pyrrole nitrogens is 1. The number of imidazole rings is 1. The third kappa shape index (κ3) is 3.03. The molecular weight excluding hydrogens is 344 g/mol. The maximum Gasteiger partial charge on any atom is 0.337 e. The highest BCUT2D eigenvalue weighted by atomic mass is 16.5. The lowest BCUT2D eigenvalue weighted by atomic mass is 10.1. The lowest BCUT2D eigenvalue weighted by molar-refractivity contribution is 0.0600. The van der Waals surface area contributed by atoms with Crippen molar-refractivity contribution in [1.29, 1.82) is 5.41 Å². The Bertz CT molecular complexity index is 1030. The maximum absolute atomic E-state index is 11.5. The van der Waals surface area contributed by atoms with Gasteiger partial charge in [0.15, 0.2) is 0 Å². The molecular formula is C20H18N4O3. The molecule has 7 heteroatoms. The van der Waals surface area contributed by atoms with E-state index in [1.165, 1.54) is 7.11 Å².